The van der Waals surface area contributed by atoms with Crippen molar-refractivity contribution in [2.24, 2.45) is 10.8 Å². The second kappa shape index (κ2) is 2.82. The maximum Gasteiger partial charge on any atom is 0.0679 e. The van der Waals surface area contributed by atoms with Crippen LogP contribution in [0.2, 0.25) is 0 Å². The standard InChI is InChI=1S/C11H13N3/c12-14-7-5-8-3-4-10-9(11(8)14)2-1-6-13-10/h3-4,6H,1-2,5,7,12H2. The maximum atomic E-state index is 5.95. The number of aliphatic imine (C=N–C) groups is 1. The third kappa shape index (κ3) is 0.990. The second-order valence-corrected chi connectivity index (χ2v) is 3.86. The van der Waals surface area contributed by atoms with Crippen LogP contribution in [0.3, 0.4) is 0 Å². The molecule has 0 radical (unpaired) electrons. The van der Waals surface area contributed by atoms with Gasteiger partial charge >= 0.3 is 0 Å². The van der Waals surface area contributed by atoms with E-state index in [-0.39, 0.29) is 0 Å². The molecule has 0 bridgehead atoms. The van der Waals surface area contributed by atoms with Crippen molar-refractivity contribution in [3.63, 3.8) is 0 Å². The number of hydrazine groups is 1. The highest BCUT2D eigenvalue weighted by Crippen LogP contribution is 2.37. The maximum absolute atomic E-state index is 5.95. The zero-order valence-electron chi connectivity index (χ0n) is 8.03. The van der Waals surface area contributed by atoms with Crippen molar-refractivity contribution in [1.82, 2.24) is 0 Å². The fourth-order valence-corrected chi connectivity index (χ4v) is 2.33. The van der Waals surface area contributed by atoms with Crippen LogP contribution in [0.25, 0.3) is 0 Å². The van der Waals surface area contributed by atoms with Crippen LogP contribution in [0.5, 0.6) is 0 Å². The minimum atomic E-state index is 0.940. The molecule has 0 amide bonds. The number of anilines is 1. The van der Waals surface area contributed by atoms with E-state index in [0.29, 0.717) is 0 Å². The van der Waals surface area contributed by atoms with Crippen molar-refractivity contribution in [3.05, 3.63) is 23.3 Å². The fraction of sp³-hybridized carbons (Fsp3) is 0.364. The zero-order valence-corrected chi connectivity index (χ0v) is 8.03. The van der Waals surface area contributed by atoms with Crippen LogP contribution in [0.4, 0.5) is 11.4 Å². The number of fused-ring (bicyclic) bond motifs is 3. The molecule has 0 aliphatic carbocycles. The molecule has 0 aromatic heterocycles. The van der Waals surface area contributed by atoms with Gasteiger partial charge in [0.25, 0.3) is 0 Å². The van der Waals surface area contributed by atoms with Crippen LogP contribution in [-0.4, -0.2) is 12.8 Å². The molecule has 3 rings (SSSR count). The number of hydrogen-bond donors (Lipinski definition) is 1. The van der Waals surface area contributed by atoms with Crippen LogP contribution in [0.1, 0.15) is 17.5 Å². The normalized spacial score (nSPS) is 18.2. The van der Waals surface area contributed by atoms with Crippen LogP contribution >= 0.6 is 0 Å². The summed E-state index contributed by atoms with van der Waals surface area (Å²) in [6, 6.07) is 4.27. The van der Waals surface area contributed by atoms with Gasteiger partial charge in [-0.3, -0.25) is 4.99 Å². The summed E-state index contributed by atoms with van der Waals surface area (Å²) in [5.74, 6) is 5.95. The fourth-order valence-electron chi connectivity index (χ4n) is 2.33. The lowest BCUT2D eigenvalue weighted by Crippen LogP contribution is -2.29. The minimum absolute atomic E-state index is 0.940. The predicted octanol–water partition coefficient (Wildman–Crippen LogP) is 1.57. The van der Waals surface area contributed by atoms with Crippen molar-refractivity contribution >= 4 is 17.6 Å². The lowest BCUT2D eigenvalue weighted by molar-refractivity contribution is 0.882. The Hall–Kier alpha value is -1.35. The van der Waals surface area contributed by atoms with E-state index in [1.165, 1.54) is 16.8 Å². The number of nitrogens with zero attached hydrogens (tertiary/aromatic N) is 2. The summed E-state index contributed by atoms with van der Waals surface area (Å²) in [5, 5.41) is 1.87. The van der Waals surface area contributed by atoms with E-state index < -0.39 is 0 Å². The Morgan fingerprint density at radius 1 is 1.29 bits per heavy atom. The van der Waals surface area contributed by atoms with Crippen LogP contribution < -0.4 is 10.9 Å². The first kappa shape index (κ1) is 8.00. The molecule has 0 spiro atoms. The largest absolute Gasteiger partial charge is 0.310 e. The Bertz CT molecular complexity index is 409. The first-order valence-corrected chi connectivity index (χ1v) is 5.06. The molecule has 2 aliphatic rings. The van der Waals surface area contributed by atoms with Gasteiger partial charge in [-0.15, -0.1) is 0 Å². The number of rotatable bonds is 0. The first-order valence-electron chi connectivity index (χ1n) is 5.06. The number of nitrogens with two attached hydrogens (primary N) is 1. The van der Waals surface area contributed by atoms with Crippen LogP contribution in [0.15, 0.2) is 17.1 Å². The van der Waals surface area contributed by atoms with E-state index in [1.54, 1.807) is 0 Å². The smallest absolute Gasteiger partial charge is 0.0679 e. The third-order valence-electron chi connectivity index (χ3n) is 3.00. The summed E-state index contributed by atoms with van der Waals surface area (Å²) >= 11 is 0. The molecule has 14 heavy (non-hydrogen) atoms. The highest BCUT2D eigenvalue weighted by atomic mass is 15.4. The van der Waals surface area contributed by atoms with Gasteiger partial charge in [0.2, 0.25) is 0 Å². The number of benzene rings is 1. The summed E-state index contributed by atoms with van der Waals surface area (Å²) in [6.45, 7) is 0.940. The zero-order chi connectivity index (χ0) is 9.54. The minimum Gasteiger partial charge on any atom is -0.310 e. The molecule has 0 unspecified atom stereocenters. The molecular formula is C11H13N3. The molecule has 0 atom stereocenters. The molecule has 2 aliphatic heterocycles. The van der Waals surface area contributed by atoms with E-state index in [1.807, 2.05) is 11.2 Å². The number of hydrogen-bond acceptors (Lipinski definition) is 3. The molecule has 3 heteroatoms. The van der Waals surface area contributed by atoms with Crippen molar-refractivity contribution in [2.75, 3.05) is 11.6 Å². The molecule has 0 saturated carbocycles. The molecule has 2 heterocycles. The Balaban J connectivity index is 2.24. The van der Waals surface area contributed by atoms with E-state index in [4.69, 9.17) is 5.84 Å². The molecule has 3 nitrogen and oxygen atoms in total. The van der Waals surface area contributed by atoms with Crippen molar-refractivity contribution < 1.29 is 0 Å². The van der Waals surface area contributed by atoms with E-state index in [0.717, 1.165) is 31.5 Å². The van der Waals surface area contributed by atoms with Gasteiger partial charge in [0, 0.05) is 18.3 Å². The van der Waals surface area contributed by atoms with Gasteiger partial charge in [0.1, 0.15) is 0 Å². The molecule has 0 saturated heterocycles. The summed E-state index contributed by atoms with van der Waals surface area (Å²) in [7, 11) is 0. The summed E-state index contributed by atoms with van der Waals surface area (Å²) in [6.07, 6.45) is 5.18. The van der Waals surface area contributed by atoms with Crippen LogP contribution in [0, 0.1) is 0 Å². The molecule has 2 N–H and O–H groups in total. The van der Waals surface area contributed by atoms with Gasteiger partial charge in [0.05, 0.1) is 11.4 Å². The van der Waals surface area contributed by atoms with Crippen molar-refractivity contribution in [1.29, 1.82) is 0 Å². The SMILES string of the molecule is NN1CCc2ccc3c(c21)CCC=N3. The van der Waals surface area contributed by atoms with Crippen molar-refractivity contribution in [2.45, 2.75) is 19.3 Å². The van der Waals surface area contributed by atoms with E-state index in [9.17, 15) is 0 Å². The molecular weight excluding hydrogens is 174 g/mol. The molecule has 1 aromatic carbocycles. The lowest BCUT2D eigenvalue weighted by atomic mass is 10.00. The molecule has 0 fully saturated rings. The second-order valence-electron chi connectivity index (χ2n) is 3.86. The van der Waals surface area contributed by atoms with Crippen LogP contribution in [-0.2, 0) is 12.8 Å². The summed E-state index contributed by atoms with van der Waals surface area (Å²) in [4.78, 5) is 4.40. The van der Waals surface area contributed by atoms with Gasteiger partial charge in [-0.05, 0) is 30.9 Å². The van der Waals surface area contributed by atoms with Gasteiger partial charge in [-0.1, -0.05) is 6.07 Å². The molecule has 72 valence electrons. The topological polar surface area (TPSA) is 41.6 Å². The van der Waals surface area contributed by atoms with Gasteiger partial charge in [0.15, 0.2) is 0 Å². The average Bonchev–Trinajstić information content (AvgIpc) is 2.61. The molecule has 1 aromatic rings. The predicted molar refractivity (Wildman–Crippen MR) is 58.2 cm³/mol. The quantitative estimate of drug-likeness (QED) is 0.626. The monoisotopic (exact) mass is 187 g/mol. The summed E-state index contributed by atoms with van der Waals surface area (Å²) in [5.41, 5.74) is 5.06. The van der Waals surface area contributed by atoms with Crippen molar-refractivity contribution in [3.8, 4) is 0 Å². The highest BCUT2D eigenvalue weighted by molar-refractivity contribution is 5.77. The van der Waals surface area contributed by atoms with Gasteiger partial charge in [-0.2, -0.15) is 0 Å². The Kier molecular flexibility index (Phi) is 1.61. The van der Waals surface area contributed by atoms with Gasteiger partial charge < -0.3 is 5.01 Å². The van der Waals surface area contributed by atoms with E-state index in [2.05, 4.69) is 17.1 Å². The third-order valence-corrected chi connectivity index (χ3v) is 3.00. The van der Waals surface area contributed by atoms with Gasteiger partial charge in [-0.25, -0.2) is 5.84 Å². The Labute approximate surface area is 83.2 Å². The Morgan fingerprint density at radius 2 is 2.21 bits per heavy atom. The Morgan fingerprint density at radius 3 is 3.14 bits per heavy atom. The average molecular weight is 187 g/mol. The summed E-state index contributed by atoms with van der Waals surface area (Å²) < 4.78 is 0. The highest BCUT2D eigenvalue weighted by Gasteiger charge is 2.22. The lowest BCUT2D eigenvalue weighted by Gasteiger charge is -2.19. The first-order chi connectivity index (χ1) is 6.86. The van der Waals surface area contributed by atoms with E-state index >= 15 is 0 Å².